The number of ketones is 3. The van der Waals surface area contributed by atoms with Crippen LogP contribution >= 0.6 is 0 Å². The molecule has 1 aliphatic carbocycles. The number of hydrogen-bond acceptors (Lipinski definition) is 3. The Labute approximate surface area is 128 Å². The monoisotopic (exact) mass is 290 g/mol. The largest absolute Gasteiger partial charge is 0.294 e. The molecular weight excluding hydrogens is 276 g/mol. The van der Waals surface area contributed by atoms with Gasteiger partial charge in [0, 0.05) is 27.8 Å². The van der Waals surface area contributed by atoms with E-state index in [0.717, 1.165) is 5.56 Å². The van der Waals surface area contributed by atoms with E-state index in [-0.39, 0.29) is 34.0 Å². The predicted molar refractivity (Wildman–Crippen MR) is 84.6 cm³/mol. The van der Waals surface area contributed by atoms with E-state index in [1.54, 1.807) is 43.3 Å². The van der Waals surface area contributed by atoms with Crippen LogP contribution in [0.1, 0.15) is 60.3 Å². The first-order valence-corrected chi connectivity index (χ1v) is 6.96. The molecule has 3 nitrogen and oxygen atoms in total. The molecule has 0 bridgehead atoms. The molecule has 3 heteroatoms. The summed E-state index contributed by atoms with van der Waals surface area (Å²) >= 11 is 0. The third kappa shape index (κ3) is 1.86. The number of benzene rings is 2. The second-order valence-electron chi connectivity index (χ2n) is 5.41. The van der Waals surface area contributed by atoms with E-state index in [9.17, 15) is 14.4 Å². The van der Waals surface area contributed by atoms with Crippen molar-refractivity contribution in [2.24, 2.45) is 0 Å². The standard InChI is InChI=1S/C19H14O3/c1-4-12-8-14(11(3)20)17-15(9-12)18(21)13-7-5-6-10(2)16(13)19(17)22/h4-9H,1H2,2-3H3. The molecule has 0 radical (unpaired) electrons. The molecule has 22 heavy (non-hydrogen) atoms. The quantitative estimate of drug-likeness (QED) is 0.677. The van der Waals surface area contributed by atoms with Gasteiger partial charge >= 0.3 is 0 Å². The molecular formula is C19H14O3. The summed E-state index contributed by atoms with van der Waals surface area (Å²) in [6.45, 7) is 6.86. The van der Waals surface area contributed by atoms with Gasteiger partial charge in [-0.3, -0.25) is 14.4 Å². The van der Waals surface area contributed by atoms with E-state index in [1.165, 1.54) is 6.92 Å². The molecule has 2 aromatic carbocycles. The number of rotatable bonds is 2. The Morgan fingerprint density at radius 2 is 1.77 bits per heavy atom. The maximum atomic E-state index is 12.9. The smallest absolute Gasteiger partial charge is 0.195 e. The van der Waals surface area contributed by atoms with Crippen molar-refractivity contribution in [3.63, 3.8) is 0 Å². The van der Waals surface area contributed by atoms with Crippen molar-refractivity contribution in [2.45, 2.75) is 13.8 Å². The molecule has 0 saturated heterocycles. The molecule has 1 aliphatic rings. The molecule has 0 spiro atoms. The SMILES string of the molecule is C=Cc1cc(C(C)=O)c2c(c1)C(=O)c1cccc(C)c1C2=O. The summed E-state index contributed by atoms with van der Waals surface area (Å²) < 4.78 is 0. The summed E-state index contributed by atoms with van der Waals surface area (Å²) in [5, 5.41) is 0. The molecule has 0 aromatic heterocycles. The van der Waals surface area contributed by atoms with Crippen molar-refractivity contribution in [1.82, 2.24) is 0 Å². The minimum absolute atomic E-state index is 0.213. The Morgan fingerprint density at radius 1 is 1.05 bits per heavy atom. The third-order valence-electron chi connectivity index (χ3n) is 3.99. The second kappa shape index (κ2) is 4.88. The van der Waals surface area contributed by atoms with Gasteiger partial charge in [-0.25, -0.2) is 0 Å². The van der Waals surface area contributed by atoms with Crippen LogP contribution in [-0.4, -0.2) is 17.3 Å². The van der Waals surface area contributed by atoms with Crippen LogP contribution in [0.4, 0.5) is 0 Å². The first-order valence-electron chi connectivity index (χ1n) is 6.96. The number of fused-ring (bicyclic) bond motifs is 2. The van der Waals surface area contributed by atoms with Gasteiger partial charge < -0.3 is 0 Å². The van der Waals surface area contributed by atoms with Crippen molar-refractivity contribution < 1.29 is 14.4 Å². The van der Waals surface area contributed by atoms with Gasteiger partial charge in [0.05, 0.1) is 0 Å². The van der Waals surface area contributed by atoms with Crippen LogP contribution < -0.4 is 0 Å². The average molecular weight is 290 g/mol. The zero-order chi connectivity index (χ0) is 16.0. The van der Waals surface area contributed by atoms with Gasteiger partial charge in [-0.1, -0.05) is 30.9 Å². The average Bonchev–Trinajstić information content (AvgIpc) is 2.51. The number of aryl methyl sites for hydroxylation is 1. The van der Waals surface area contributed by atoms with Crippen molar-refractivity contribution in [3.8, 4) is 0 Å². The highest BCUT2D eigenvalue weighted by Crippen LogP contribution is 2.32. The van der Waals surface area contributed by atoms with Crippen molar-refractivity contribution in [3.05, 3.63) is 75.9 Å². The van der Waals surface area contributed by atoms with Crippen LogP contribution in [0.25, 0.3) is 6.08 Å². The fourth-order valence-corrected chi connectivity index (χ4v) is 2.91. The number of Topliss-reactive ketones (excluding diaryl/α,β-unsaturated/α-hetero) is 1. The number of carbonyl (C=O) groups excluding carboxylic acids is 3. The van der Waals surface area contributed by atoms with E-state index in [2.05, 4.69) is 6.58 Å². The van der Waals surface area contributed by atoms with Crippen LogP contribution in [-0.2, 0) is 0 Å². The fraction of sp³-hybridized carbons (Fsp3) is 0.105. The summed E-state index contributed by atoms with van der Waals surface area (Å²) in [5.74, 6) is -0.721. The van der Waals surface area contributed by atoms with E-state index in [1.807, 2.05) is 0 Å². The van der Waals surface area contributed by atoms with Crippen LogP contribution in [0, 0.1) is 6.92 Å². The Bertz CT molecular complexity index is 872. The summed E-state index contributed by atoms with van der Waals surface area (Å²) in [4.78, 5) is 37.6. The Morgan fingerprint density at radius 3 is 2.41 bits per heavy atom. The lowest BCUT2D eigenvalue weighted by Gasteiger charge is -2.21. The summed E-state index contributed by atoms with van der Waals surface area (Å²) in [5.41, 5.74) is 2.96. The molecule has 0 amide bonds. The zero-order valence-corrected chi connectivity index (χ0v) is 12.4. The second-order valence-corrected chi connectivity index (χ2v) is 5.41. The molecule has 108 valence electrons. The molecule has 0 aliphatic heterocycles. The Kier molecular flexibility index (Phi) is 3.14. The Hall–Kier alpha value is -2.81. The van der Waals surface area contributed by atoms with Crippen LogP contribution in [0.2, 0.25) is 0 Å². The minimum atomic E-state index is -0.261. The summed E-state index contributed by atoms with van der Waals surface area (Å²) in [6.07, 6.45) is 1.57. The van der Waals surface area contributed by atoms with Crippen LogP contribution in [0.5, 0.6) is 0 Å². The topological polar surface area (TPSA) is 51.2 Å². The van der Waals surface area contributed by atoms with Gasteiger partial charge in [0.15, 0.2) is 17.3 Å². The maximum absolute atomic E-state index is 12.9. The lowest BCUT2D eigenvalue weighted by Crippen LogP contribution is -2.24. The lowest BCUT2D eigenvalue weighted by molar-refractivity contribution is 0.0967. The van der Waals surface area contributed by atoms with Gasteiger partial charge in [-0.15, -0.1) is 0 Å². The van der Waals surface area contributed by atoms with Gasteiger partial charge in [-0.05, 0) is 37.1 Å². The zero-order valence-electron chi connectivity index (χ0n) is 12.4. The highest BCUT2D eigenvalue weighted by molar-refractivity contribution is 6.31. The van der Waals surface area contributed by atoms with Crippen molar-refractivity contribution >= 4 is 23.4 Å². The van der Waals surface area contributed by atoms with Gasteiger partial charge in [0.2, 0.25) is 0 Å². The molecule has 2 aromatic rings. The number of carbonyl (C=O) groups is 3. The molecule has 0 saturated carbocycles. The fourth-order valence-electron chi connectivity index (χ4n) is 2.91. The van der Waals surface area contributed by atoms with E-state index in [4.69, 9.17) is 0 Å². The van der Waals surface area contributed by atoms with Gasteiger partial charge in [-0.2, -0.15) is 0 Å². The maximum Gasteiger partial charge on any atom is 0.195 e. The molecule has 0 unspecified atom stereocenters. The third-order valence-corrected chi connectivity index (χ3v) is 3.99. The van der Waals surface area contributed by atoms with E-state index in [0.29, 0.717) is 16.7 Å². The first-order chi connectivity index (χ1) is 10.5. The molecule has 0 fully saturated rings. The number of hydrogen-bond donors (Lipinski definition) is 0. The normalized spacial score (nSPS) is 12.6. The first kappa shape index (κ1) is 14.1. The van der Waals surface area contributed by atoms with E-state index < -0.39 is 0 Å². The summed E-state index contributed by atoms with van der Waals surface area (Å²) in [7, 11) is 0. The van der Waals surface area contributed by atoms with Gasteiger partial charge in [0.1, 0.15) is 0 Å². The lowest BCUT2D eigenvalue weighted by atomic mass is 9.79. The Balaban J connectivity index is 2.42. The highest BCUT2D eigenvalue weighted by atomic mass is 16.1. The predicted octanol–water partition coefficient (Wildman–Crippen LogP) is 3.62. The van der Waals surface area contributed by atoms with E-state index >= 15 is 0 Å². The molecule has 0 N–H and O–H groups in total. The minimum Gasteiger partial charge on any atom is -0.294 e. The van der Waals surface area contributed by atoms with Crippen molar-refractivity contribution in [2.75, 3.05) is 0 Å². The van der Waals surface area contributed by atoms with Crippen molar-refractivity contribution in [1.29, 1.82) is 0 Å². The van der Waals surface area contributed by atoms with Gasteiger partial charge in [0.25, 0.3) is 0 Å². The molecule has 3 rings (SSSR count). The van der Waals surface area contributed by atoms with Crippen LogP contribution in [0.15, 0.2) is 36.9 Å². The molecule has 0 heterocycles. The molecule has 0 atom stereocenters. The van der Waals surface area contributed by atoms with Crippen LogP contribution in [0.3, 0.4) is 0 Å². The summed E-state index contributed by atoms with van der Waals surface area (Å²) in [6, 6.07) is 8.44. The highest BCUT2D eigenvalue weighted by Gasteiger charge is 2.33.